The van der Waals surface area contributed by atoms with E-state index in [1.54, 1.807) is 5.57 Å². The van der Waals surface area contributed by atoms with E-state index in [1.807, 2.05) is 11.9 Å². The fourth-order valence-corrected chi connectivity index (χ4v) is 5.33. The third-order valence-electron chi connectivity index (χ3n) is 4.58. The van der Waals surface area contributed by atoms with Crippen LogP contribution in [0.25, 0.3) is 4.91 Å². The SMILES string of the molecule is CCNCC1=C(c2ccccc2Br)SNC12CCCCC2. The fraction of sp³-hybridized carbons (Fsp3) is 0.529. The van der Waals surface area contributed by atoms with Crippen molar-refractivity contribution in [3.05, 3.63) is 39.9 Å². The maximum absolute atomic E-state index is 3.79. The third kappa shape index (κ3) is 3.09. The number of nitrogens with one attached hydrogen (secondary N) is 2. The largest absolute Gasteiger partial charge is 0.313 e. The second-order valence-electron chi connectivity index (χ2n) is 5.91. The molecule has 1 heterocycles. The molecule has 1 fully saturated rings. The monoisotopic (exact) mass is 366 g/mol. The van der Waals surface area contributed by atoms with Crippen LogP contribution in [0, 0.1) is 0 Å². The highest BCUT2D eigenvalue weighted by Gasteiger charge is 2.42. The lowest BCUT2D eigenvalue weighted by Gasteiger charge is -2.36. The molecule has 4 heteroatoms. The minimum atomic E-state index is 0.218. The Morgan fingerprint density at radius 3 is 2.71 bits per heavy atom. The summed E-state index contributed by atoms with van der Waals surface area (Å²) < 4.78 is 4.98. The first-order chi connectivity index (χ1) is 10.3. The average Bonchev–Trinajstić information content (AvgIpc) is 2.84. The molecule has 114 valence electrons. The molecule has 0 amide bonds. The maximum atomic E-state index is 3.79. The van der Waals surface area contributed by atoms with Gasteiger partial charge in [0.25, 0.3) is 0 Å². The van der Waals surface area contributed by atoms with Gasteiger partial charge in [-0.15, -0.1) is 0 Å². The van der Waals surface area contributed by atoms with E-state index >= 15 is 0 Å². The molecule has 1 aromatic carbocycles. The highest BCUT2D eigenvalue weighted by molar-refractivity contribution is 9.10. The predicted molar refractivity (Wildman–Crippen MR) is 96.1 cm³/mol. The zero-order valence-electron chi connectivity index (χ0n) is 12.5. The molecule has 1 spiro atoms. The van der Waals surface area contributed by atoms with E-state index in [2.05, 4.69) is 57.2 Å². The molecule has 0 saturated heterocycles. The van der Waals surface area contributed by atoms with Gasteiger partial charge in [0.15, 0.2) is 0 Å². The van der Waals surface area contributed by atoms with Gasteiger partial charge in [0, 0.05) is 21.5 Å². The Balaban J connectivity index is 2.01. The summed E-state index contributed by atoms with van der Waals surface area (Å²) in [4.78, 5) is 1.42. The third-order valence-corrected chi connectivity index (χ3v) is 6.43. The molecule has 0 unspecified atom stereocenters. The zero-order chi connectivity index (χ0) is 14.7. The molecule has 21 heavy (non-hydrogen) atoms. The van der Waals surface area contributed by atoms with Crippen molar-refractivity contribution in [2.45, 2.75) is 44.6 Å². The van der Waals surface area contributed by atoms with Crippen molar-refractivity contribution in [2.75, 3.05) is 13.1 Å². The summed E-state index contributed by atoms with van der Waals surface area (Å²) in [5, 5.41) is 3.55. The molecule has 2 N–H and O–H groups in total. The van der Waals surface area contributed by atoms with E-state index in [9.17, 15) is 0 Å². The first-order valence-corrected chi connectivity index (χ1v) is 9.51. The summed E-state index contributed by atoms with van der Waals surface area (Å²) in [7, 11) is 0. The minimum Gasteiger partial charge on any atom is -0.313 e. The summed E-state index contributed by atoms with van der Waals surface area (Å²) in [6.45, 7) is 4.20. The van der Waals surface area contributed by atoms with Crippen LogP contribution in [-0.4, -0.2) is 18.6 Å². The van der Waals surface area contributed by atoms with E-state index in [-0.39, 0.29) is 5.54 Å². The van der Waals surface area contributed by atoms with Crippen LogP contribution in [0.5, 0.6) is 0 Å². The van der Waals surface area contributed by atoms with Crippen LogP contribution in [0.4, 0.5) is 0 Å². The molecule has 2 nitrogen and oxygen atoms in total. The van der Waals surface area contributed by atoms with Crippen molar-refractivity contribution in [3.8, 4) is 0 Å². The lowest BCUT2D eigenvalue weighted by molar-refractivity contribution is 0.321. The summed E-state index contributed by atoms with van der Waals surface area (Å²) in [6.07, 6.45) is 6.61. The highest BCUT2D eigenvalue weighted by Crippen LogP contribution is 2.49. The number of benzene rings is 1. The van der Waals surface area contributed by atoms with Gasteiger partial charge in [-0.05, 0) is 43.0 Å². The van der Waals surface area contributed by atoms with Crippen LogP contribution >= 0.6 is 27.9 Å². The fourth-order valence-electron chi connectivity index (χ4n) is 3.41. The van der Waals surface area contributed by atoms with Crippen LogP contribution in [0.1, 0.15) is 44.6 Å². The highest BCUT2D eigenvalue weighted by atomic mass is 79.9. The summed E-state index contributed by atoms with van der Waals surface area (Å²) >= 11 is 5.55. The van der Waals surface area contributed by atoms with Gasteiger partial charge in [0.05, 0.1) is 5.54 Å². The molecule has 0 bridgehead atoms. The summed E-state index contributed by atoms with van der Waals surface area (Å²) in [5.41, 5.74) is 3.11. The first kappa shape index (κ1) is 15.6. The van der Waals surface area contributed by atoms with Gasteiger partial charge in [0.1, 0.15) is 0 Å². The lowest BCUT2D eigenvalue weighted by atomic mass is 9.76. The van der Waals surface area contributed by atoms with Gasteiger partial charge in [0.2, 0.25) is 0 Å². The van der Waals surface area contributed by atoms with E-state index in [4.69, 9.17) is 0 Å². The molecule has 1 aromatic rings. The van der Waals surface area contributed by atoms with Gasteiger partial charge >= 0.3 is 0 Å². The van der Waals surface area contributed by atoms with E-state index in [1.165, 1.54) is 47.0 Å². The average molecular weight is 367 g/mol. The lowest BCUT2D eigenvalue weighted by Crippen LogP contribution is -2.44. The number of rotatable bonds is 4. The number of hydrogen-bond acceptors (Lipinski definition) is 3. The molecule has 1 saturated carbocycles. The normalized spacial score (nSPS) is 21.2. The van der Waals surface area contributed by atoms with Crippen LogP contribution in [-0.2, 0) is 0 Å². The molecular formula is C17H23BrN2S. The van der Waals surface area contributed by atoms with Crippen molar-refractivity contribution < 1.29 is 0 Å². The van der Waals surface area contributed by atoms with Gasteiger partial charge < -0.3 is 5.32 Å². The number of likely N-dealkylation sites (N-methyl/N-ethyl adjacent to an activating group) is 1. The first-order valence-electron chi connectivity index (χ1n) is 7.90. The Morgan fingerprint density at radius 2 is 2.00 bits per heavy atom. The zero-order valence-corrected chi connectivity index (χ0v) is 14.9. The topological polar surface area (TPSA) is 24.1 Å². The Bertz CT molecular complexity index is 535. The number of hydrogen-bond donors (Lipinski definition) is 2. The molecule has 0 atom stereocenters. The Kier molecular flexibility index (Phi) is 5.10. The second-order valence-corrected chi connectivity index (χ2v) is 7.59. The summed E-state index contributed by atoms with van der Waals surface area (Å²) in [6, 6.07) is 8.58. The second kappa shape index (κ2) is 6.86. The number of halogens is 1. The van der Waals surface area contributed by atoms with Gasteiger partial charge in [-0.3, -0.25) is 0 Å². The smallest absolute Gasteiger partial charge is 0.0521 e. The van der Waals surface area contributed by atoms with Crippen molar-refractivity contribution in [1.82, 2.24) is 10.0 Å². The van der Waals surface area contributed by atoms with Gasteiger partial charge in [-0.2, -0.15) is 0 Å². The maximum Gasteiger partial charge on any atom is 0.0521 e. The standard InChI is InChI=1S/C17H23BrN2S/c1-2-19-12-14-16(13-8-4-5-9-15(13)18)21-20-17(14)10-6-3-7-11-17/h4-5,8-9,19-20H,2-3,6-7,10-12H2,1H3. The molecule has 2 aliphatic rings. The Labute approximate surface area is 140 Å². The molecule has 1 aliphatic heterocycles. The summed E-state index contributed by atoms with van der Waals surface area (Å²) in [5.74, 6) is 0. The van der Waals surface area contributed by atoms with Crippen molar-refractivity contribution in [2.24, 2.45) is 0 Å². The van der Waals surface area contributed by atoms with E-state index in [0.29, 0.717) is 0 Å². The Morgan fingerprint density at radius 1 is 1.24 bits per heavy atom. The van der Waals surface area contributed by atoms with Crippen molar-refractivity contribution >= 4 is 32.8 Å². The van der Waals surface area contributed by atoms with Gasteiger partial charge in [-0.1, -0.05) is 60.3 Å². The van der Waals surface area contributed by atoms with Gasteiger partial charge in [-0.25, -0.2) is 4.72 Å². The minimum absolute atomic E-state index is 0.218. The van der Waals surface area contributed by atoms with Crippen LogP contribution in [0.15, 0.2) is 34.3 Å². The molecular weight excluding hydrogens is 344 g/mol. The molecule has 0 aromatic heterocycles. The van der Waals surface area contributed by atoms with Crippen LogP contribution in [0.2, 0.25) is 0 Å². The van der Waals surface area contributed by atoms with E-state index in [0.717, 1.165) is 13.1 Å². The van der Waals surface area contributed by atoms with Crippen LogP contribution in [0.3, 0.4) is 0 Å². The molecule has 1 aliphatic carbocycles. The molecule has 0 radical (unpaired) electrons. The van der Waals surface area contributed by atoms with Crippen molar-refractivity contribution in [3.63, 3.8) is 0 Å². The van der Waals surface area contributed by atoms with E-state index < -0.39 is 0 Å². The van der Waals surface area contributed by atoms with Crippen molar-refractivity contribution in [1.29, 1.82) is 0 Å². The Hall–Kier alpha value is -0.290. The predicted octanol–water partition coefficient (Wildman–Crippen LogP) is 4.72. The molecule has 3 rings (SSSR count). The quantitative estimate of drug-likeness (QED) is 0.753. The van der Waals surface area contributed by atoms with Crippen LogP contribution < -0.4 is 10.0 Å².